The van der Waals surface area contributed by atoms with Crippen molar-refractivity contribution in [3.63, 3.8) is 0 Å². The van der Waals surface area contributed by atoms with E-state index in [1.54, 1.807) is 25.6 Å². The predicted molar refractivity (Wildman–Crippen MR) is 80.2 cm³/mol. The van der Waals surface area contributed by atoms with E-state index >= 15 is 0 Å². The molecule has 106 valence electrons. The van der Waals surface area contributed by atoms with Crippen LogP contribution in [-0.2, 0) is 9.84 Å². The molecule has 0 saturated carbocycles. The number of carbonyl (C=O) groups excluding carboxylic acids is 1. The number of thioether (sulfide) groups is 1. The van der Waals surface area contributed by atoms with E-state index in [1.165, 1.54) is 11.3 Å². The van der Waals surface area contributed by atoms with Crippen LogP contribution in [0.15, 0.2) is 0 Å². The lowest BCUT2D eigenvalue weighted by atomic mass is 10.4. The van der Waals surface area contributed by atoms with E-state index in [4.69, 9.17) is 0 Å². The summed E-state index contributed by atoms with van der Waals surface area (Å²) in [7, 11) is -3.15. The van der Waals surface area contributed by atoms with Crippen LogP contribution in [0.3, 0.4) is 0 Å². The van der Waals surface area contributed by atoms with Crippen LogP contribution in [0.2, 0.25) is 0 Å². The first-order valence-corrected chi connectivity index (χ1v) is 9.66. The number of anilines is 1. The van der Waals surface area contributed by atoms with Gasteiger partial charge in [-0.25, -0.2) is 13.4 Å². The Morgan fingerprint density at radius 3 is 2.84 bits per heavy atom. The predicted octanol–water partition coefficient (Wildman–Crippen LogP) is 1.58. The molecule has 0 amide bonds. The summed E-state index contributed by atoms with van der Waals surface area (Å²) in [5.74, 6) is 1.57. The van der Waals surface area contributed by atoms with Crippen LogP contribution < -0.4 is 4.90 Å². The normalized spacial score (nSPS) is 20.5. The second-order valence-electron chi connectivity index (χ2n) is 4.24. The molecular weight excluding hydrogens is 304 g/mol. The Balaban J connectivity index is 2.36. The number of aromatic nitrogens is 1. The average molecular weight is 320 g/mol. The molecule has 1 aliphatic rings. The van der Waals surface area contributed by atoms with Crippen molar-refractivity contribution in [3.8, 4) is 0 Å². The van der Waals surface area contributed by atoms with Crippen molar-refractivity contribution in [2.75, 3.05) is 28.7 Å². The van der Waals surface area contributed by atoms with Crippen LogP contribution in [0.1, 0.15) is 22.3 Å². The zero-order chi connectivity index (χ0) is 14.0. The maximum atomic E-state index is 12.2. The van der Waals surface area contributed by atoms with Crippen LogP contribution in [-0.4, -0.2) is 48.9 Å². The highest BCUT2D eigenvalue weighted by atomic mass is 32.2. The molecule has 2 heterocycles. The molecule has 1 aliphatic heterocycles. The first-order valence-electron chi connectivity index (χ1n) is 5.98. The van der Waals surface area contributed by atoms with Crippen molar-refractivity contribution in [3.05, 3.63) is 10.6 Å². The van der Waals surface area contributed by atoms with Crippen molar-refractivity contribution in [2.24, 2.45) is 0 Å². The second-order valence-corrected chi connectivity index (χ2v) is 8.84. The van der Waals surface area contributed by atoms with Gasteiger partial charge in [-0.2, -0.15) is 11.8 Å². The van der Waals surface area contributed by atoms with Crippen LogP contribution >= 0.6 is 23.1 Å². The highest BCUT2D eigenvalue weighted by molar-refractivity contribution is 8.01. The molecule has 0 N–H and O–H groups in total. The van der Waals surface area contributed by atoms with Gasteiger partial charge in [0.15, 0.2) is 21.3 Å². The fourth-order valence-corrected chi connectivity index (χ4v) is 5.91. The summed E-state index contributed by atoms with van der Waals surface area (Å²) in [4.78, 5) is 17.6. The monoisotopic (exact) mass is 320 g/mol. The van der Waals surface area contributed by atoms with Gasteiger partial charge in [-0.1, -0.05) is 18.3 Å². The minimum absolute atomic E-state index is 0.125. The summed E-state index contributed by atoms with van der Waals surface area (Å²) in [6.45, 7) is 4.09. The Kier molecular flexibility index (Phi) is 4.52. The fourth-order valence-electron chi connectivity index (χ4n) is 1.92. The molecule has 0 aliphatic carbocycles. The molecule has 0 spiro atoms. The number of hydrogen-bond acceptors (Lipinski definition) is 7. The van der Waals surface area contributed by atoms with E-state index in [2.05, 4.69) is 4.98 Å². The molecule has 1 atom stereocenters. The van der Waals surface area contributed by atoms with Crippen molar-refractivity contribution in [1.82, 2.24) is 4.98 Å². The summed E-state index contributed by atoms with van der Waals surface area (Å²) in [5, 5.41) is 0.114. The van der Waals surface area contributed by atoms with Gasteiger partial charge in [0.25, 0.3) is 0 Å². The third-order valence-corrected chi connectivity index (χ3v) is 7.48. The third-order valence-electron chi connectivity index (χ3n) is 3.08. The van der Waals surface area contributed by atoms with E-state index < -0.39 is 15.2 Å². The minimum Gasteiger partial charge on any atom is -0.329 e. The Morgan fingerprint density at radius 2 is 2.26 bits per heavy atom. The summed E-state index contributed by atoms with van der Waals surface area (Å²) in [6.07, 6.45) is 0.776. The topological polar surface area (TPSA) is 67.3 Å². The molecule has 2 rings (SSSR count). The SMILES string of the molecule is CCS(=O)(=O)C1CSCCN1c1nc(C)c(C=O)s1. The van der Waals surface area contributed by atoms with Gasteiger partial charge in [-0.05, 0) is 6.92 Å². The smallest absolute Gasteiger partial charge is 0.187 e. The zero-order valence-corrected chi connectivity index (χ0v) is 13.3. The lowest BCUT2D eigenvalue weighted by molar-refractivity contribution is 0.112. The van der Waals surface area contributed by atoms with Crippen molar-refractivity contribution >= 4 is 44.4 Å². The van der Waals surface area contributed by atoms with Gasteiger partial charge in [-0.3, -0.25) is 4.79 Å². The van der Waals surface area contributed by atoms with Gasteiger partial charge in [0.05, 0.1) is 10.6 Å². The van der Waals surface area contributed by atoms with Gasteiger partial charge in [0, 0.05) is 23.8 Å². The van der Waals surface area contributed by atoms with Gasteiger partial charge >= 0.3 is 0 Å². The van der Waals surface area contributed by atoms with E-state index in [0.717, 1.165) is 12.0 Å². The van der Waals surface area contributed by atoms with Gasteiger partial charge in [0.2, 0.25) is 0 Å². The zero-order valence-electron chi connectivity index (χ0n) is 10.8. The van der Waals surface area contributed by atoms with E-state index in [1.807, 2.05) is 4.90 Å². The first-order chi connectivity index (χ1) is 8.99. The van der Waals surface area contributed by atoms with E-state index in [-0.39, 0.29) is 5.75 Å². The Bertz CT molecular complexity index is 568. The number of nitrogens with zero attached hydrogens (tertiary/aromatic N) is 2. The molecule has 5 nitrogen and oxygen atoms in total. The second kappa shape index (κ2) is 5.80. The number of aryl methyl sites for hydroxylation is 1. The average Bonchev–Trinajstić information content (AvgIpc) is 2.80. The number of hydrogen-bond donors (Lipinski definition) is 0. The quantitative estimate of drug-likeness (QED) is 0.785. The van der Waals surface area contributed by atoms with Crippen LogP contribution in [0.4, 0.5) is 5.13 Å². The van der Waals surface area contributed by atoms with Crippen molar-refractivity contribution in [2.45, 2.75) is 19.2 Å². The highest BCUT2D eigenvalue weighted by Gasteiger charge is 2.34. The number of carbonyl (C=O) groups is 1. The number of thiazole rings is 1. The first kappa shape index (κ1) is 14.8. The van der Waals surface area contributed by atoms with E-state index in [0.29, 0.717) is 28.0 Å². The Labute approximate surface area is 121 Å². The minimum atomic E-state index is -3.15. The third kappa shape index (κ3) is 2.95. The summed E-state index contributed by atoms with van der Waals surface area (Å²) >= 11 is 2.92. The van der Waals surface area contributed by atoms with Gasteiger partial charge in [0.1, 0.15) is 5.37 Å². The summed E-state index contributed by atoms with van der Waals surface area (Å²) in [6, 6.07) is 0. The molecule has 0 bridgehead atoms. The Morgan fingerprint density at radius 1 is 1.53 bits per heavy atom. The van der Waals surface area contributed by atoms with Crippen LogP contribution in [0.5, 0.6) is 0 Å². The molecule has 0 radical (unpaired) electrons. The largest absolute Gasteiger partial charge is 0.329 e. The van der Waals surface area contributed by atoms with Crippen LogP contribution in [0.25, 0.3) is 0 Å². The summed E-state index contributed by atoms with van der Waals surface area (Å²) in [5.41, 5.74) is 0.667. The molecule has 1 fully saturated rings. The van der Waals surface area contributed by atoms with Gasteiger partial charge < -0.3 is 4.90 Å². The fraction of sp³-hybridized carbons (Fsp3) is 0.636. The highest BCUT2D eigenvalue weighted by Crippen LogP contribution is 2.31. The van der Waals surface area contributed by atoms with Crippen LogP contribution in [0, 0.1) is 6.92 Å². The van der Waals surface area contributed by atoms with Crippen molar-refractivity contribution < 1.29 is 13.2 Å². The number of rotatable bonds is 4. The molecule has 1 aromatic heterocycles. The number of sulfone groups is 1. The lowest BCUT2D eigenvalue weighted by Crippen LogP contribution is -2.48. The maximum Gasteiger partial charge on any atom is 0.187 e. The Hall–Kier alpha value is -0.600. The molecule has 19 heavy (non-hydrogen) atoms. The van der Waals surface area contributed by atoms with Gasteiger partial charge in [-0.15, -0.1) is 0 Å². The summed E-state index contributed by atoms with van der Waals surface area (Å²) < 4.78 is 24.3. The molecule has 0 aromatic carbocycles. The molecule has 1 aromatic rings. The molecule has 1 unspecified atom stereocenters. The number of aldehydes is 1. The molecule has 8 heteroatoms. The standard InChI is InChI=1S/C11H16N2O3S3/c1-3-19(15,16)10-7-17-5-4-13(10)11-12-8(2)9(6-14)18-11/h6,10H,3-5,7H2,1-2H3. The lowest BCUT2D eigenvalue weighted by Gasteiger charge is -2.34. The molecule has 1 saturated heterocycles. The van der Waals surface area contributed by atoms with Crippen molar-refractivity contribution in [1.29, 1.82) is 0 Å². The molecular formula is C11H16N2O3S3. The maximum absolute atomic E-state index is 12.2. The van der Waals surface area contributed by atoms with E-state index in [9.17, 15) is 13.2 Å².